The van der Waals surface area contributed by atoms with Crippen LogP contribution in [0.1, 0.15) is 37.5 Å². The Balaban J connectivity index is 2.78. The van der Waals surface area contributed by atoms with Gasteiger partial charge in [0.15, 0.2) is 0 Å². The van der Waals surface area contributed by atoms with Crippen LogP contribution in [0.3, 0.4) is 0 Å². The number of ether oxygens (including phenoxy) is 1. The van der Waals surface area contributed by atoms with Crippen LogP contribution in [-0.4, -0.2) is 11.6 Å². The number of hydrogen-bond acceptors (Lipinski definition) is 2. The van der Waals surface area contributed by atoms with Crippen LogP contribution in [-0.2, 0) is 16.0 Å². The average Bonchev–Trinajstić information content (AvgIpc) is 2.08. The lowest BCUT2D eigenvalue weighted by Crippen LogP contribution is -2.25. The molecular formula is C14H20O2. The summed E-state index contributed by atoms with van der Waals surface area (Å²) in [4.78, 5) is 11.7. The van der Waals surface area contributed by atoms with Crippen LogP contribution in [0.5, 0.6) is 0 Å². The van der Waals surface area contributed by atoms with Crippen molar-refractivity contribution in [3.8, 4) is 0 Å². The Hall–Kier alpha value is -1.31. The van der Waals surface area contributed by atoms with E-state index in [0.29, 0.717) is 6.42 Å². The van der Waals surface area contributed by atoms with Crippen LogP contribution in [0, 0.1) is 13.8 Å². The Morgan fingerprint density at radius 2 is 1.69 bits per heavy atom. The van der Waals surface area contributed by atoms with Gasteiger partial charge < -0.3 is 4.74 Å². The fourth-order valence-corrected chi connectivity index (χ4v) is 1.65. The third-order valence-corrected chi connectivity index (χ3v) is 2.39. The molecule has 0 fully saturated rings. The number of benzene rings is 1. The molecule has 0 aromatic heterocycles. The maximum absolute atomic E-state index is 11.7. The maximum atomic E-state index is 11.7. The van der Waals surface area contributed by atoms with Crippen molar-refractivity contribution in [3.05, 3.63) is 34.9 Å². The highest BCUT2D eigenvalue weighted by Gasteiger charge is 2.17. The largest absolute Gasteiger partial charge is 0.460 e. The van der Waals surface area contributed by atoms with Gasteiger partial charge in [-0.3, -0.25) is 4.79 Å². The summed E-state index contributed by atoms with van der Waals surface area (Å²) in [6.45, 7) is 9.69. The first-order valence-electron chi connectivity index (χ1n) is 5.56. The zero-order valence-corrected chi connectivity index (χ0v) is 10.8. The first kappa shape index (κ1) is 12.8. The molecule has 0 bridgehead atoms. The van der Waals surface area contributed by atoms with Crippen molar-refractivity contribution in [3.63, 3.8) is 0 Å². The minimum atomic E-state index is -0.409. The Morgan fingerprint density at radius 3 is 2.12 bits per heavy atom. The van der Waals surface area contributed by atoms with Crippen LogP contribution in [0.25, 0.3) is 0 Å². The van der Waals surface area contributed by atoms with E-state index < -0.39 is 5.60 Å². The number of carbonyl (C=O) groups is 1. The topological polar surface area (TPSA) is 26.3 Å². The van der Waals surface area contributed by atoms with Gasteiger partial charge in [0.05, 0.1) is 6.42 Å². The average molecular weight is 220 g/mol. The predicted octanol–water partition coefficient (Wildman–Crippen LogP) is 3.19. The molecule has 0 N–H and O–H groups in total. The molecular weight excluding hydrogens is 200 g/mol. The summed E-state index contributed by atoms with van der Waals surface area (Å²) in [6.07, 6.45) is 0.357. The van der Waals surface area contributed by atoms with E-state index in [2.05, 4.69) is 0 Å². The molecule has 1 aromatic rings. The van der Waals surface area contributed by atoms with E-state index in [4.69, 9.17) is 4.74 Å². The molecule has 0 aliphatic heterocycles. The van der Waals surface area contributed by atoms with E-state index >= 15 is 0 Å². The minimum Gasteiger partial charge on any atom is -0.460 e. The highest BCUT2D eigenvalue weighted by atomic mass is 16.6. The first-order chi connectivity index (χ1) is 7.29. The maximum Gasteiger partial charge on any atom is 0.310 e. The monoisotopic (exact) mass is 220 g/mol. The molecule has 0 heterocycles. The van der Waals surface area contributed by atoms with Crippen LogP contribution >= 0.6 is 0 Å². The van der Waals surface area contributed by atoms with Gasteiger partial charge in [0.25, 0.3) is 0 Å². The number of hydrogen-bond donors (Lipinski definition) is 0. The molecule has 1 aromatic carbocycles. The van der Waals surface area contributed by atoms with Gasteiger partial charge in [-0.15, -0.1) is 0 Å². The molecule has 0 atom stereocenters. The second-order valence-corrected chi connectivity index (χ2v) is 5.13. The molecule has 1 rings (SSSR count). The van der Waals surface area contributed by atoms with Gasteiger partial charge in [0.1, 0.15) is 5.60 Å². The van der Waals surface area contributed by atoms with Crippen molar-refractivity contribution in [1.82, 2.24) is 0 Å². The molecule has 0 saturated carbocycles. The second-order valence-electron chi connectivity index (χ2n) is 5.13. The van der Waals surface area contributed by atoms with Crippen molar-refractivity contribution < 1.29 is 9.53 Å². The smallest absolute Gasteiger partial charge is 0.310 e. The van der Waals surface area contributed by atoms with Gasteiger partial charge in [0, 0.05) is 0 Å². The van der Waals surface area contributed by atoms with Crippen LogP contribution < -0.4 is 0 Å². The minimum absolute atomic E-state index is 0.162. The quantitative estimate of drug-likeness (QED) is 0.715. The molecule has 0 saturated heterocycles. The first-order valence-corrected chi connectivity index (χ1v) is 5.56. The molecule has 0 unspecified atom stereocenters. The van der Waals surface area contributed by atoms with Crippen molar-refractivity contribution >= 4 is 5.97 Å². The Labute approximate surface area is 97.6 Å². The van der Waals surface area contributed by atoms with Gasteiger partial charge in [-0.25, -0.2) is 0 Å². The fourth-order valence-electron chi connectivity index (χ4n) is 1.65. The molecule has 0 amide bonds. The fraction of sp³-hybridized carbons (Fsp3) is 0.500. The lowest BCUT2D eigenvalue weighted by atomic mass is 10.0. The summed E-state index contributed by atoms with van der Waals surface area (Å²) in [5.74, 6) is -0.162. The zero-order valence-electron chi connectivity index (χ0n) is 10.8. The Bertz CT molecular complexity index is 366. The van der Waals surface area contributed by atoms with Gasteiger partial charge in [-0.05, 0) is 51.3 Å². The predicted molar refractivity (Wildman–Crippen MR) is 65.5 cm³/mol. The molecule has 2 nitrogen and oxygen atoms in total. The molecule has 0 aliphatic rings. The van der Waals surface area contributed by atoms with Crippen LogP contribution in [0.4, 0.5) is 0 Å². The lowest BCUT2D eigenvalue weighted by molar-refractivity contribution is -0.153. The van der Waals surface area contributed by atoms with E-state index in [1.54, 1.807) is 0 Å². The number of rotatable bonds is 2. The number of esters is 1. The zero-order chi connectivity index (χ0) is 12.3. The second kappa shape index (κ2) is 4.69. The number of carbonyl (C=O) groups excluding carboxylic acids is 1. The van der Waals surface area contributed by atoms with E-state index in [9.17, 15) is 4.79 Å². The third-order valence-electron chi connectivity index (χ3n) is 2.39. The van der Waals surface area contributed by atoms with Crippen LogP contribution in [0.15, 0.2) is 18.2 Å². The Morgan fingerprint density at radius 1 is 1.19 bits per heavy atom. The summed E-state index contributed by atoms with van der Waals surface area (Å²) in [6, 6.07) is 6.04. The molecule has 16 heavy (non-hydrogen) atoms. The Kier molecular flexibility index (Phi) is 3.74. The third kappa shape index (κ3) is 3.69. The van der Waals surface area contributed by atoms with Gasteiger partial charge in [-0.1, -0.05) is 18.2 Å². The van der Waals surface area contributed by atoms with Crippen molar-refractivity contribution in [1.29, 1.82) is 0 Å². The number of aryl methyl sites for hydroxylation is 2. The highest BCUT2D eigenvalue weighted by Crippen LogP contribution is 2.16. The van der Waals surface area contributed by atoms with E-state index in [1.165, 1.54) is 0 Å². The normalized spacial score (nSPS) is 11.3. The summed E-state index contributed by atoms with van der Waals surface area (Å²) in [5.41, 5.74) is 2.96. The van der Waals surface area contributed by atoms with Crippen molar-refractivity contribution in [2.75, 3.05) is 0 Å². The SMILES string of the molecule is Cc1cccc(C)c1CC(=O)OC(C)(C)C. The highest BCUT2D eigenvalue weighted by molar-refractivity contribution is 5.74. The van der Waals surface area contributed by atoms with Gasteiger partial charge in [-0.2, -0.15) is 0 Å². The lowest BCUT2D eigenvalue weighted by Gasteiger charge is -2.20. The summed E-state index contributed by atoms with van der Waals surface area (Å²) in [5, 5.41) is 0. The molecule has 2 heteroatoms. The van der Waals surface area contributed by atoms with Gasteiger partial charge >= 0.3 is 5.97 Å². The molecule has 0 radical (unpaired) electrons. The molecule has 88 valence electrons. The van der Waals surface area contributed by atoms with Gasteiger partial charge in [0.2, 0.25) is 0 Å². The van der Waals surface area contributed by atoms with E-state index in [0.717, 1.165) is 16.7 Å². The van der Waals surface area contributed by atoms with Crippen LogP contribution in [0.2, 0.25) is 0 Å². The molecule has 0 spiro atoms. The summed E-state index contributed by atoms with van der Waals surface area (Å²) >= 11 is 0. The van der Waals surface area contributed by atoms with E-state index in [1.807, 2.05) is 52.8 Å². The molecule has 0 aliphatic carbocycles. The summed E-state index contributed by atoms with van der Waals surface area (Å²) in [7, 11) is 0. The van der Waals surface area contributed by atoms with E-state index in [-0.39, 0.29) is 5.97 Å². The van der Waals surface area contributed by atoms with Crippen molar-refractivity contribution in [2.45, 2.75) is 46.6 Å². The standard InChI is InChI=1S/C14H20O2/c1-10-7-6-8-11(2)12(10)9-13(15)16-14(3,4)5/h6-8H,9H2,1-5H3. The summed E-state index contributed by atoms with van der Waals surface area (Å²) < 4.78 is 5.31. The van der Waals surface area contributed by atoms with Crippen molar-refractivity contribution in [2.24, 2.45) is 0 Å².